The summed E-state index contributed by atoms with van der Waals surface area (Å²) in [6, 6.07) is 116. The number of carbonyl (C=O) groups excluding carboxylic acids is 11. The molecule has 0 saturated carbocycles. The molecule has 0 aliphatic carbocycles. The van der Waals surface area contributed by atoms with Gasteiger partial charge in [0.2, 0.25) is 6.41 Å². The smallest absolute Gasteiger partial charge is 0.373 e. The maximum Gasteiger partial charge on any atom is 0.373 e. The van der Waals surface area contributed by atoms with Crippen LogP contribution >= 0.6 is 58.0 Å². The number of nitrogens with zero attached hydrogens (tertiary/aromatic N) is 4. The van der Waals surface area contributed by atoms with Crippen molar-refractivity contribution in [2.24, 2.45) is 26.2 Å². The van der Waals surface area contributed by atoms with Gasteiger partial charge in [0, 0.05) is 76.6 Å². The summed E-state index contributed by atoms with van der Waals surface area (Å²) in [5.74, 6) is 1.80. The van der Waals surface area contributed by atoms with Gasteiger partial charge in [0.25, 0.3) is 41.3 Å². The van der Waals surface area contributed by atoms with Gasteiger partial charge >= 0.3 is 18.1 Å². The molecule has 15 aromatic rings. The number of ether oxygens (including phenoxy) is 2. The van der Waals surface area contributed by atoms with E-state index in [1.165, 1.54) is 13.2 Å². The lowest BCUT2D eigenvalue weighted by Gasteiger charge is -2.15. The van der Waals surface area contributed by atoms with E-state index >= 15 is 0 Å². The SMILES string of the molecule is C.C.C.COC(=O)c1ccccc1-c1ccccc1C.Cl/C(=N\N=C(/Cl)c1ccccc1-c1ccccc1/C(Cl)=N/N=C(\Cl)c1ccccc1)c1ccccc1.NNC(=O)c1ccccc1-c1ccccc1NNC=O.O=C(Cl)c1ccccc1.O=C(NNC(=O)c1ccccc1-c1ccccc1C(=O)NNC(=O)c1ccccc1)c1ccccc1.O=C=O.O=COc1ccccc1-c1ccccc1C(=O)O.[2HH].[B]. The first kappa shape index (κ1) is 116. The zero-order valence-electron chi connectivity index (χ0n) is 74.2. The van der Waals surface area contributed by atoms with Gasteiger partial charge in [-0.2, -0.15) is 9.59 Å². The average molecular weight is 2020 g/mol. The van der Waals surface area contributed by atoms with Crippen LogP contribution in [0.1, 0.15) is 134 Å². The van der Waals surface area contributed by atoms with Crippen LogP contribution in [0.25, 0.3) is 55.6 Å². The molecule has 0 spiro atoms. The molecule has 0 aliphatic heterocycles. The molecule has 0 fully saturated rings. The van der Waals surface area contributed by atoms with E-state index in [-0.39, 0.29) is 87.5 Å². The minimum absolute atomic E-state index is 0. The molecule has 0 unspecified atom stereocenters. The van der Waals surface area contributed by atoms with Crippen LogP contribution < -0.4 is 48.6 Å². The number of aromatic carboxylic acids is 1. The number of nitrogen functional groups attached to an aromatic ring is 1. The summed E-state index contributed by atoms with van der Waals surface area (Å²) >= 11 is 30.9. The second-order valence-electron chi connectivity index (χ2n) is 28.1. The van der Waals surface area contributed by atoms with Gasteiger partial charge in [0.05, 0.1) is 23.9 Å². The Morgan fingerprint density at radius 2 is 0.601 bits per heavy atom. The number of carboxylic acid groups (broad SMARTS) is 1. The molecular formula is C110H97BCl5N12O15. The molecule has 15 aromatic carbocycles. The summed E-state index contributed by atoms with van der Waals surface area (Å²) in [4.78, 5) is 133. The van der Waals surface area contributed by atoms with E-state index in [4.69, 9.17) is 88.0 Å². The fourth-order valence-corrected chi connectivity index (χ4v) is 13.8. The monoisotopic (exact) mass is 2010 g/mol. The van der Waals surface area contributed by atoms with Gasteiger partial charge in [-0.15, -0.1) is 20.4 Å². The third kappa shape index (κ3) is 34.9. The van der Waals surface area contributed by atoms with E-state index in [2.05, 4.69) is 58.4 Å². The maximum atomic E-state index is 12.9. The number of hydrogen-bond donors (Lipinski definition) is 9. The Labute approximate surface area is 854 Å². The van der Waals surface area contributed by atoms with Crippen LogP contribution in [0.15, 0.2) is 415 Å². The van der Waals surface area contributed by atoms with Gasteiger partial charge in [-0.25, -0.2) is 15.4 Å². The van der Waals surface area contributed by atoms with E-state index in [0.717, 1.165) is 44.5 Å². The molecule has 27 nitrogen and oxygen atoms in total. The number of halogens is 5. The number of carbonyl (C=O) groups is 10. The van der Waals surface area contributed by atoms with Gasteiger partial charge in [-0.1, -0.05) is 396 Å². The summed E-state index contributed by atoms with van der Waals surface area (Å²) in [6.07, 6.45) is 0.787. The molecule has 0 saturated heterocycles. The highest BCUT2D eigenvalue weighted by atomic mass is 35.5. The van der Waals surface area contributed by atoms with E-state index < -0.39 is 34.8 Å². The predicted octanol–water partition coefficient (Wildman–Crippen LogP) is 22.4. The summed E-state index contributed by atoms with van der Waals surface area (Å²) in [5, 5.41) is 26.1. The van der Waals surface area contributed by atoms with Crippen LogP contribution in [0.2, 0.25) is 0 Å². The van der Waals surface area contributed by atoms with E-state index in [1.54, 1.807) is 200 Å². The highest BCUT2D eigenvalue weighted by Gasteiger charge is 2.23. The van der Waals surface area contributed by atoms with Crippen LogP contribution in [0.5, 0.6) is 5.75 Å². The largest absolute Gasteiger partial charge is 0.478 e. The normalized spacial score (nSPS) is 10.2. The third-order valence-electron chi connectivity index (χ3n) is 19.4. The number of nitrogens with one attached hydrogen (secondary N) is 7. The van der Waals surface area contributed by atoms with Crippen molar-refractivity contribution in [2.45, 2.75) is 29.2 Å². The average Bonchev–Trinajstić information content (AvgIpc) is 0.804. The second kappa shape index (κ2) is 62.4. The molecule has 15 rings (SSSR count). The minimum atomic E-state index is -1.02. The Morgan fingerprint density at radius 1 is 0.329 bits per heavy atom. The van der Waals surface area contributed by atoms with Gasteiger partial charge in [-0.3, -0.25) is 76.3 Å². The first-order valence-electron chi connectivity index (χ1n) is 41.4. The summed E-state index contributed by atoms with van der Waals surface area (Å²) < 4.78 is 9.65. The van der Waals surface area contributed by atoms with Crippen molar-refractivity contribution in [3.8, 4) is 61.4 Å². The van der Waals surface area contributed by atoms with Crippen molar-refractivity contribution in [1.29, 1.82) is 0 Å². The number of benzene rings is 15. The number of hydrazine groups is 4. The number of nitrogens with two attached hydrogens (primary N) is 1. The zero-order valence-corrected chi connectivity index (χ0v) is 78.0. The molecule has 0 atom stereocenters. The highest BCUT2D eigenvalue weighted by Crippen LogP contribution is 2.36. The van der Waals surface area contributed by atoms with E-state index in [1.807, 2.05) is 195 Å². The van der Waals surface area contributed by atoms with Crippen molar-refractivity contribution >= 4 is 159 Å². The zero-order chi connectivity index (χ0) is 99.6. The molecule has 6 amide bonds. The first-order chi connectivity index (χ1) is 67.5. The third-order valence-corrected chi connectivity index (χ3v) is 20.8. The number of hydrogen-bond acceptors (Lipinski definition) is 20. The van der Waals surface area contributed by atoms with Gasteiger partial charge in [-0.05, 0) is 135 Å². The van der Waals surface area contributed by atoms with Crippen LogP contribution in [0.3, 0.4) is 0 Å². The highest BCUT2D eigenvalue weighted by molar-refractivity contribution is 6.72. The number of esters is 1. The standard InChI is InChI=1S/C28H18Cl4N4.C28H22N4O4.C15H14O2.C14H14N4O2.C14H10O4.C7H5ClO.CO2.3CH4.B.H2/c29-25(19-11-3-1-4-12-19)33-35-27(31)23-17-9-7-15-21(23)22-16-8-10-18-24(22)28(32)36-34-26(30)20-13-5-2-6-14-20;33-25(19-11-3-1-4-12-19)29-31-27(35)23-17-9-7-15-21(23)22-16-8-10-18-24(22)28(36)32-30-26(34)20-13-5-2-6-14-20;1-11-7-3-4-8-12(11)13-9-5-6-10-14(13)15(16)17-2;15-17-14(20)12-7-2-1-5-10(12)11-6-3-4-8-13(11)18-16-9-19;15-9-18-13-8-4-3-6-11(13)10-5-1-2-7-12(10)14(16)17;8-7(9)6-4-2-1-3-5-6;2-1-3;;;;;/h1-18H;1-18H,(H,29,33)(H,30,34)(H,31,35)(H,32,36);3-10H,1-2H3;1-9,18H,15H2,(H,16,19)(H,17,20);1-9H,(H,16,17);1-5H;;3*1H4;;1H/b33-25-,34-26-,35-27-,36-28-;;;;;;;;;;;/i;;;;;;;;;;;1+1. The summed E-state index contributed by atoms with van der Waals surface area (Å²) in [7, 11) is 1.40. The molecule has 3 radical (unpaired) electrons. The van der Waals surface area contributed by atoms with Crippen LogP contribution in [-0.4, -0.2) is 107 Å². The van der Waals surface area contributed by atoms with Crippen molar-refractivity contribution in [1.82, 2.24) is 32.6 Å². The van der Waals surface area contributed by atoms with Crippen LogP contribution in [-0.2, 0) is 23.9 Å². The molecule has 725 valence electrons. The molecule has 143 heavy (non-hydrogen) atoms. The summed E-state index contributed by atoms with van der Waals surface area (Å²) in [5.41, 5.74) is 31.7. The van der Waals surface area contributed by atoms with Gasteiger partial charge in [0.15, 0.2) is 20.7 Å². The number of anilines is 1. The summed E-state index contributed by atoms with van der Waals surface area (Å²) in [6.45, 7) is 2.35. The lowest BCUT2D eigenvalue weighted by Crippen LogP contribution is -2.42. The Kier molecular flexibility index (Phi) is 50.6. The Morgan fingerprint density at radius 3 is 0.958 bits per heavy atom. The van der Waals surface area contributed by atoms with Crippen molar-refractivity contribution < 1.29 is 73.5 Å². The van der Waals surface area contributed by atoms with Crippen molar-refractivity contribution in [3.63, 3.8) is 0 Å². The predicted molar refractivity (Wildman–Crippen MR) is 568 cm³/mol. The number of amides is 6. The lowest BCUT2D eigenvalue weighted by atomic mass is 9.95. The molecular weight excluding hydrogens is 1920 g/mol. The number of para-hydroxylation sites is 2. The Bertz CT molecular complexity index is 6740. The Hall–Kier alpha value is -17.5. The fraction of sp³-hybridized carbons (Fsp3) is 0.0455. The van der Waals surface area contributed by atoms with E-state index in [9.17, 15) is 47.9 Å². The lowest BCUT2D eigenvalue weighted by molar-refractivity contribution is -0.191. The second-order valence-corrected chi connectivity index (χ2v) is 29.9. The topological polar surface area (TPSA) is 403 Å². The first-order valence-corrected chi connectivity index (χ1v) is 43.3. The number of methoxy groups -OCH3 is 1. The number of rotatable bonds is 24. The van der Waals surface area contributed by atoms with Gasteiger partial charge < -0.3 is 14.6 Å². The quantitative estimate of drug-likeness (QED) is 0.00396. The Balaban J connectivity index is 0.000000372. The molecule has 10 N–H and O–H groups in total. The molecule has 0 heterocycles. The number of aryl methyl sites for hydroxylation is 1. The molecule has 33 heteroatoms. The number of carboxylic acids is 1. The fourth-order valence-electron chi connectivity index (χ4n) is 13.0. The van der Waals surface area contributed by atoms with Crippen LogP contribution in [0.4, 0.5) is 5.69 Å². The van der Waals surface area contributed by atoms with Gasteiger partial charge in [0.1, 0.15) is 5.75 Å². The maximum absolute atomic E-state index is 12.9. The molecule has 0 aromatic heterocycles. The van der Waals surface area contributed by atoms with Crippen molar-refractivity contribution in [3.05, 3.63) is 467 Å². The molecule has 0 bridgehead atoms. The van der Waals surface area contributed by atoms with E-state index in [0.29, 0.717) is 91.1 Å². The van der Waals surface area contributed by atoms with Crippen LogP contribution in [0, 0.1) is 6.92 Å². The minimum Gasteiger partial charge on any atom is -0.478 e. The van der Waals surface area contributed by atoms with Crippen molar-refractivity contribution in [2.75, 3.05) is 12.5 Å². The molecule has 0 aliphatic rings.